The lowest BCUT2D eigenvalue weighted by Crippen LogP contribution is -2.48. The highest BCUT2D eigenvalue weighted by Crippen LogP contribution is 2.28. The molecule has 3 rings (SSSR count). The van der Waals surface area contributed by atoms with Crippen molar-refractivity contribution in [1.82, 2.24) is 15.5 Å². The van der Waals surface area contributed by atoms with Crippen molar-refractivity contribution in [3.05, 3.63) is 82.8 Å². The molecule has 0 aromatic heterocycles. The zero-order valence-electron chi connectivity index (χ0n) is 17.2. The van der Waals surface area contributed by atoms with Crippen LogP contribution in [0.1, 0.15) is 31.0 Å². The highest BCUT2D eigenvalue weighted by atomic mass is 19.1. The van der Waals surface area contributed by atoms with E-state index in [0.717, 1.165) is 12.1 Å². The summed E-state index contributed by atoms with van der Waals surface area (Å²) in [5.41, 5.74) is 2.56. The monoisotopic (exact) mass is 411 g/mol. The molecule has 0 radical (unpaired) electrons. The van der Waals surface area contributed by atoms with Gasteiger partial charge in [-0.25, -0.2) is 14.0 Å². The average molecular weight is 411 g/mol. The molecule has 30 heavy (non-hydrogen) atoms. The zero-order chi connectivity index (χ0) is 21.5. The normalized spacial score (nSPS) is 16.3. The molecule has 1 aliphatic rings. The number of ether oxygens (including phenoxy) is 1. The van der Waals surface area contributed by atoms with Crippen molar-refractivity contribution in [2.45, 2.75) is 26.4 Å². The van der Waals surface area contributed by atoms with Crippen LogP contribution in [0, 0.1) is 5.82 Å². The SMILES string of the molecule is CCOC(=O)C1=C(CN(CC)Cc2ccccc2)NC(=O)N[C@@H]1c1ccc(F)cc1. The van der Waals surface area contributed by atoms with Gasteiger partial charge in [0.2, 0.25) is 0 Å². The lowest BCUT2D eigenvalue weighted by atomic mass is 9.95. The molecule has 7 heteroatoms. The quantitative estimate of drug-likeness (QED) is 0.652. The van der Waals surface area contributed by atoms with Gasteiger partial charge in [-0.3, -0.25) is 4.90 Å². The van der Waals surface area contributed by atoms with E-state index in [1.165, 1.54) is 12.1 Å². The summed E-state index contributed by atoms with van der Waals surface area (Å²) in [5.74, 6) is -0.897. The predicted octanol–water partition coefficient (Wildman–Crippen LogP) is 3.52. The Labute approximate surface area is 175 Å². The molecule has 2 aromatic carbocycles. The summed E-state index contributed by atoms with van der Waals surface area (Å²) in [6, 6.07) is 14.6. The number of nitrogens with one attached hydrogen (secondary N) is 2. The Balaban J connectivity index is 1.96. The molecule has 2 aromatic rings. The largest absolute Gasteiger partial charge is 0.463 e. The second-order valence-electron chi connectivity index (χ2n) is 6.98. The summed E-state index contributed by atoms with van der Waals surface area (Å²) >= 11 is 0. The lowest BCUT2D eigenvalue weighted by Gasteiger charge is -2.32. The van der Waals surface area contributed by atoms with Gasteiger partial charge >= 0.3 is 12.0 Å². The van der Waals surface area contributed by atoms with Crippen LogP contribution in [0.15, 0.2) is 65.9 Å². The Morgan fingerprint density at radius 1 is 1.07 bits per heavy atom. The minimum absolute atomic E-state index is 0.210. The summed E-state index contributed by atoms with van der Waals surface area (Å²) in [5, 5.41) is 5.54. The second-order valence-corrected chi connectivity index (χ2v) is 6.98. The third-order valence-electron chi connectivity index (χ3n) is 4.93. The van der Waals surface area contributed by atoms with Gasteiger partial charge in [-0.15, -0.1) is 0 Å². The Bertz CT molecular complexity index is 913. The van der Waals surface area contributed by atoms with Crippen LogP contribution in [0.4, 0.5) is 9.18 Å². The lowest BCUT2D eigenvalue weighted by molar-refractivity contribution is -0.139. The minimum Gasteiger partial charge on any atom is -0.463 e. The number of urea groups is 1. The van der Waals surface area contributed by atoms with Gasteiger partial charge in [-0.2, -0.15) is 0 Å². The molecule has 1 heterocycles. The first-order chi connectivity index (χ1) is 14.5. The fraction of sp³-hybridized carbons (Fsp3) is 0.304. The van der Waals surface area contributed by atoms with E-state index < -0.39 is 18.0 Å². The van der Waals surface area contributed by atoms with Gasteiger partial charge in [0.05, 0.1) is 18.2 Å². The molecule has 6 nitrogen and oxygen atoms in total. The van der Waals surface area contributed by atoms with Gasteiger partial charge in [0.1, 0.15) is 5.82 Å². The number of carbonyl (C=O) groups excluding carboxylic acids is 2. The number of amides is 2. The van der Waals surface area contributed by atoms with Gasteiger partial charge in [-0.1, -0.05) is 49.4 Å². The van der Waals surface area contributed by atoms with Crippen LogP contribution in [-0.4, -0.2) is 36.6 Å². The smallest absolute Gasteiger partial charge is 0.338 e. The Morgan fingerprint density at radius 2 is 1.77 bits per heavy atom. The van der Waals surface area contributed by atoms with E-state index in [0.29, 0.717) is 29.9 Å². The van der Waals surface area contributed by atoms with Gasteiger partial charge in [0, 0.05) is 18.8 Å². The maximum atomic E-state index is 13.4. The fourth-order valence-corrected chi connectivity index (χ4v) is 3.44. The van der Waals surface area contributed by atoms with Crippen molar-refractivity contribution in [1.29, 1.82) is 0 Å². The van der Waals surface area contributed by atoms with E-state index in [4.69, 9.17) is 4.74 Å². The number of esters is 1. The first kappa shape index (κ1) is 21.5. The fourth-order valence-electron chi connectivity index (χ4n) is 3.44. The Kier molecular flexibility index (Phi) is 7.19. The van der Waals surface area contributed by atoms with E-state index in [9.17, 15) is 14.0 Å². The predicted molar refractivity (Wildman–Crippen MR) is 112 cm³/mol. The first-order valence-corrected chi connectivity index (χ1v) is 10.0. The van der Waals surface area contributed by atoms with Crippen molar-refractivity contribution in [2.75, 3.05) is 19.7 Å². The topological polar surface area (TPSA) is 70.7 Å². The van der Waals surface area contributed by atoms with E-state index in [1.807, 2.05) is 37.3 Å². The average Bonchev–Trinajstić information content (AvgIpc) is 2.74. The van der Waals surface area contributed by atoms with Crippen LogP contribution in [0.3, 0.4) is 0 Å². The second kappa shape index (κ2) is 10.0. The Morgan fingerprint density at radius 3 is 2.40 bits per heavy atom. The van der Waals surface area contributed by atoms with E-state index in [-0.39, 0.29) is 12.4 Å². The van der Waals surface area contributed by atoms with Crippen LogP contribution >= 0.6 is 0 Å². The molecule has 0 fully saturated rings. The van der Waals surface area contributed by atoms with Crippen LogP contribution < -0.4 is 10.6 Å². The summed E-state index contributed by atoms with van der Waals surface area (Å²) in [7, 11) is 0. The van der Waals surface area contributed by atoms with Gasteiger partial charge < -0.3 is 15.4 Å². The van der Waals surface area contributed by atoms with Crippen LogP contribution in [0.25, 0.3) is 0 Å². The third kappa shape index (κ3) is 5.24. The molecular formula is C23H26FN3O3. The number of likely N-dealkylation sites (N-methyl/N-ethyl adjacent to an activating group) is 1. The molecule has 0 bridgehead atoms. The van der Waals surface area contributed by atoms with E-state index >= 15 is 0 Å². The van der Waals surface area contributed by atoms with Gasteiger partial charge in [0.15, 0.2) is 0 Å². The van der Waals surface area contributed by atoms with Gasteiger partial charge in [-0.05, 0) is 36.7 Å². The standard InChI is InChI=1S/C23H26FN3O3/c1-3-27(14-16-8-6-5-7-9-16)15-19-20(22(28)30-4-2)21(26-23(29)25-19)17-10-12-18(24)13-11-17/h5-13,21H,3-4,14-15H2,1-2H3,(H2,25,26,29)/t21-/m1/s1. The molecule has 0 saturated carbocycles. The number of rotatable bonds is 8. The number of halogens is 1. The van der Waals surface area contributed by atoms with Gasteiger partial charge in [0.25, 0.3) is 0 Å². The summed E-state index contributed by atoms with van der Waals surface area (Å²) in [6.07, 6.45) is 0. The maximum absolute atomic E-state index is 13.4. The van der Waals surface area contributed by atoms with Crippen LogP contribution in [-0.2, 0) is 16.1 Å². The Hall–Kier alpha value is -3.19. The molecular weight excluding hydrogens is 385 g/mol. The third-order valence-corrected chi connectivity index (χ3v) is 4.93. The molecule has 0 aliphatic carbocycles. The summed E-state index contributed by atoms with van der Waals surface area (Å²) in [4.78, 5) is 27.3. The van der Waals surface area contributed by atoms with Crippen LogP contribution in [0.5, 0.6) is 0 Å². The maximum Gasteiger partial charge on any atom is 0.338 e. The highest BCUT2D eigenvalue weighted by molar-refractivity contribution is 5.95. The number of hydrogen-bond acceptors (Lipinski definition) is 4. The van der Waals surface area contributed by atoms with Crippen molar-refractivity contribution in [2.24, 2.45) is 0 Å². The van der Waals surface area contributed by atoms with E-state index in [1.54, 1.807) is 19.1 Å². The molecule has 0 unspecified atom stereocenters. The molecule has 0 spiro atoms. The summed E-state index contributed by atoms with van der Waals surface area (Å²) in [6.45, 7) is 5.72. The molecule has 2 amide bonds. The number of nitrogens with zero attached hydrogens (tertiary/aromatic N) is 1. The molecule has 1 aliphatic heterocycles. The number of benzene rings is 2. The molecule has 0 saturated heterocycles. The minimum atomic E-state index is -0.719. The van der Waals surface area contributed by atoms with E-state index in [2.05, 4.69) is 15.5 Å². The highest BCUT2D eigenvalue weighted by Gasteiger charge is 2.34. The van der Waals surface area contributed by atoms with Crippen LogP contribution in [0.2, 0.25) is 0 Å². The molecule has 1 atom stereocenters. The van der Waals surface area contributed by atoms with Crippen molar-refractivity contribution < 1.29 is 18.7 Å². The number of hydrogen-bond donors (Lipinski definition) is 2. The molecule has 2 N–H and O–H groups in total. The number of carbonyl (C=O) groups is 2. The zero-order valence-corrected chi connectivity index (χ0v) is 17.2. The van der Waals surface area contributed by atoms with Crippen molar-refractivity contribution >= 4 is 12.0 Å². The van der Waals surface area contributed by atoms with Crippen molar-refractivity contribution in [3.8, 4) is 0 Å². The molecule has 158 valence electrons. The summed E-state index contributed by atoms with van der Waals surface area (Å²) < 4.78 is 18.7. The first-order valence-electron chi connectivity index (χ1n) is 10.0. The van der Waals surface area contributed by atoms with Crippen molar-refractivity contribution in [3.63, 3.8) is 0 Å².